The van der Waals surface area contributed by atoms with Crippen LogP contribution in [-0.2, 0) is 11.4 Å². The summed E-state index contributed by atoms with van der Waals surface area (Å²) in [6.45, 7) is 0.315. The molecule has 3 rings (SSSR count). The van der Waals surface area contributed by atoms with E-state index in [1.54, 1.807) is 24.3 Å². The first-order valence-electron chi connectivity index (χ1n) is 6.93. The average Bonchev–Trinajstić information content (AvgIpc) is 2.85. The van der Waals surface area contributed by atoms with Crippen molar-refractivity contribution in [2.45, 2.75) is 6.61 Å². The molecule has 0 aromatic heterocycles. The minimum atomic E-state index is -0.220. The minimum Gasteiger partial charge on any atom is -0.488 e. The molecule has 1 fully saturated rings. The van der Waals surface area contributed by atoms with E-state index in [4.69, 9.17) is 40.2 Å². The van der Waals surface area contributed by atoms with Gasteiger partial charge in [0.1, 0.15) is 16.7 Å². The van der Waals surface area contributed by atoms with Crippen LogP contribution in [0.1, 0.15) is 11.1 Å². The second-order valence-corrected chi connectivity index (χ2v) is 7.48. The van der Waals surface area contributed by atoms with E-state index in [0.717, 1.165) is 5.56 Å². The molecule has 122 valence electrons. The molecule has 0 radical (unpaired) electrons. The number of carbonyl (C=O) groups is 1. The SMILES string of the molecule is O=C1NC(=S)SC1=Cc1cc(Cl)ccc1OCc1ccccc1Cl. The van der Waals surface area contributed by atoms with Gasteiger partial charge in [0, 0.05) is 21.2 Å². The van der Waals surface area contributed by atoms with Gasteiger partial charge in [0.2, 0.25) is 0 Å². The van der Waals surface area contributed by atoms with Crippen LogP contribution in [-0.4, -0.2) is 10.2 Å². The molecule has 1 heterocycles. The van der Waals surface area contributed by atoms with Gasteiger partial charge in [0.25, 0.3) is 5.91 Å². The maximum Gasteiger partial charge on any atom is 0.263 e. The number of hydrogen-bond acceptors (Lipinski definition) is 4. The van der Waals surface area contributed by atoms with E-state index in [-0.39, 0.29) is 5.91 Å². The van der Waals surface area contributed by atoms with Crippen LogP contribution in [0.25, 0.3) is 6.08 Å². The molecule has 0 saturated carbocycles. The molecule has 24 heavy (non-hydrogen) atoms. The van der Waals surface area contributed by atoms with Crippen molar-refractivity contribution in [2.75, 3.05) is 0 Å². The molecule has 1 amide bonds. The lowest BCUT2D eigenvalue weighted by Crippen LogP contribution is -2.17. The Labute approximate surface area is 159 Å². The predicted molar refractivity (Wildman–Crippen MR) is 104 cm³/mol. The number of thioether (sulfide) groups is 1. The van der Waals surface area contributed by atoms with E-state index in [1.165, 1.54) is 11.8 Å². The van der Waals surface area contributed by atoms with Crippen LogP contribution in [0.15, 0.2) is 47.4 Å². The van der Waals surface area contributed by atoms with Crippen LogP contribution < -0.4 is 10.1 Å². The fraction of sp³-hybridized carbons (Fsp3) is 0.0588. The molecule has 1 N–H and O–H groups in total. The average molecular weight is 396 g/mol. The first kappa shape index (κ1) is 17.3. The molecule has 1 aliphatic heterocycles. The van der Waals surface area contributed by atoms with Crippen LogP contribution in [0.3, 0.4) is 0 Å². The molecule has 1 aliphatic rings. The van der Waals surface area contributed by atoms with E-state index < -0.39 is 0 Å². The highest BCUT2D eigenvalue weighted by atomic mass is 35.5. The molecular formula is C17H11Cl2NO2S2. The van der Waals surface area contributed by atoms with Gasteiger partial charge in [0.15, 0.2) is 0 Å². The topological polar surface area (TPSA) is 38.3 Å². The number of thiocarbonyl (C=S) groups is 1. The van der Waals surface area contributed by atoms with Crippen molar-refractivity contribution in [3.8, 4) is 5.75 Å². The Hall–Kier alpha value is -1.53. The quantitative estimate of drug-likeness (QED) is 0.579. The summed E-state index contributed by atoms with van der Waals surface area (Å²) in [5, 5.41) is 3.78. The summed E-state index contributed by atoms with van der Waals surface area (Å²) < 4.78 is 6.31. The normalized spacial score (nSPS) is 15.7. The molecule has 0 aliphatic carbocycles. The smallest absolute Gasteiger partial charge is 0.263 e. The van der Waals surface area contributed by atoms with Gasteiger partial charge in [-0.3, -0.25) is 4.79 Å². The second-order valence-electron chi connectivity index (χ2n) is 4.91. The molecule has 0 unspecified atom stereocenters. The summed E-state index contributed by atoms with van der Waals surface area (Å²) in [4.78, 5) is 12.3. The minimum absolute atomic E-state index is 0.220. The number of nitrogens with one attached hydrogen (secondary N) is 1. The Kier molecular flexibility index (Phi) is 5.46. The van der Waals surface area contributed by atoms with Crippen molar-refractivity contribution in [2.24, 2.45) is 0 Å². The Balaban J connectivity index is 1.86. The zero-order valence-corrected chi connectivity index (χ0v) is 15.4. The van der Waals surface area contributed by atoms with Gasteiger partial charge in [0.05, 0.1) is 4.91 Å². The summed E-state index contributed by atoms with van der Waals surface area (Å²) in [5.41, 5.74) is 1.58. The van der Waals surface area contributed by atoms with Crippen molar-refractivity contribution >= 4 is 63.5 Å². The Bertz CT molecular complexity index is 852. The van der Waals surface area contributed by atoms with Gasteiger partial charge >= 0.3 is 0 Å². The zero-order valence-electron chi connectivity index (χ0n) is 12.2. The summed E-state index contributed by atoms with van der Waals surface area (Å²) in [7, 11) is 0. The van der Waals surface area contributed by atoms with Crippen molar-refractivity contribution in [1.29, 1.82) is 0 Å². The van der Waals surface area contributed by atoms with Gasteiger partial charge in [-0.2, -0.15) is 0 Å². The van der Waals surface area contributed by atoms with Gasteiger partial charge in [-0.15, -0.1) is 0 Å². The van der Waals surface area contributed by atoms with Crippen molar-refractivity contribution in [3.63, 3.8) is 0 Å². The molecule has 3 nitrogen and oxygen atoms in total. The molecule has 0 bridgehead atoms. The van der Waals surface area contributed by atoms with Crippen LogP contribution in [0.2, 0.25) is 10.0 Å². The number of ether oxygens (including phenoxy) is 1. The van der Waals surface area contributed by atoms with Gasteiger partial charge in [-0.25, -0.2) is 0 Å². The standard InChI is InChI=1S/C17H11Cl2NO2S2/c18-12-5-6-14(22-9-10-3-1-2-4-13(10)19)11(7-12)8-15-16(21)20-17(23)24-15/h1-8H,9H2,(H,20,21,23). The lowest BCUT2D eigenvalue weighted by atomic mass is 10.1. The van der Waals surface area contributed by atoms with Crippen molar-refractivity contribution in [3.05, 3.63) is 68.5 Å². The van der Waals surface area contributed by atoms with Crippen LogP contribution >= 0.6 is 47.2 Å². The fourth-order valence-electron chi connectivity index (χ4n) is 2.10. The third-order valence-corrected chi connectivity index (χ3v) is 5.01. The third-order valence-electron chi connectivity index (χ3n) is 3.24. The summed E-state index contributed by atoms with van der Waals surface area (Å²) in [5.74, 6) is 0.389. The van der Waals surface area contributed by atoms with Crippen LogP contribution in [0.5, 0.6) is 5.75 Å². The number of rotatable bonds is 4. The van der Waals surface area contributed by atoms with Crippen LogP contribution in [0.4, 0.5) is 0 Å². The Morgan fingerprint density at radius 3 is 2.71 bits per heavy atom. The molecule has 2 aromatic rings. The van der Waals surface area contributed by atoms with Gasteiger partial charge in [-0.05, 0) is 30.3 Å². The van der Waals surface area contributed by atoms with Gasteiger partial charge < -0.3 is 10.1 Å². The highest BCUT2D eigenvalue weighted by Gasteiger charge is 2.22. The van der Waals surface area contributed by atoms with Crippen molar-refractivity contribution < 1.29 is 9.53 Å². The number of amides is 1. The lowest BCUT2D eigenvalue weighted by Gasteiger charge is -2.11. The summed E-state index contributed by atoms with van der Waals surface area (Å²) in [6, 6.07) is 12.7. The Morgan fingerprint density at radius 1 is 1.21 bits per heavy atom. The largest absolute Gasteiger partial charge is 0.488 e. The molecule has 0 atom stereocenters. The molecular weight excluding hydrogens is 385 g/mol. The highest BCUT2D eigenvalue weighted by molar-refractivity contribution is 8.26. The third kappa shape index (κ3) is 4.11. The van der Waals surface area contributed by atoms with E-state index in [0.29, 0.717) is 37.2 Å². The lowest BCUT2D eigenvalue weighted by molar-refractivity contribution is -0.115. The number of halogens is 2. The maximum atomic E-state index is 11.8. The van der Waals surface area contributed by atoms with E-state index in [2.05, 4.69) is 5.32 Å². The van der Waals surface area contributed by atoms with Crippen LogP contribution in [0, 0.1) is 0 Å². The number of hydrogen-bond donors (Lipinski definition) is 1. The zero-order chi connectivity index (χ0) is 17.1. The van der Waals surface area contributed by atoms with Gasteiger partial charge in [-0.1, -0.05) is 65.4 Å². The first-order valence-corrected chi connectivity index (χ1v) is 8.91. The molecule has 0 spiro atoms. The first-order chi connectivity index (χ1) is 11.5. The number of carbonyl (C=O) groups excluding carboxylic acids is 1. The Morgan fingerprint density at radius 2 is 2.00 bits per heavy atom. The van der Waals surface area contributed by atoms with Crippen molar-refractivity contribution in [1.82, 2.24) is 5.32 Å². The summed E-state index contributed by atoms with van der Waals surface area (Å²) >= 11 is 18.4. The monoisotopic (exact) mass is 395 g/mol. The summed E-state index contributed by atoms with van der Waals surface area (Å²) in [6.07, 6.45) is 1.72. The molecule has 7 heteroatoms. The molecule has 1 saturated heterocycles. The van der Waals surface area contributed by atoms with E-state index in [9.17, 15) is 4.79 Å². The van der Waals surface area contributed by atoms with E-state index >= 15 is 0 Å². The highest BCUT2D eigenvalue weighted by Crippen LogP contribution is 2.31. The van der Waals surface area contributed by atoms with E-state index in [1.807, 2.05) is 24.3 Å². The number of benzene rings is 2. The maximum absolute atomic E-state index is 11.8. The molecule has 2 aromatic carbocycles. The fourth-order valence-corrected chi connectivity index (χ4v) is 3.50. The predicted octanol–water partition coefficient (Wildman–Crippen LogP) is 5.06. The second kappa shape index (κ2) is 7.57.